The van der Waals surface area contributed by atoms with Crippen LogP contribution in [-0.2, 0) is 4.74 Å². The van der Waals surface area contributed by atoms with Crippen LogP contribution in [-0.4, -0.2) is 38.0 Å². The van der Waals surface area contributed by atoms with Crippen LogP contribution < -0.4 is 5.32 Å². The van der Waals surface area contributed by atoms with E-state index in [1.807, 2.05) is 0 Å². The van der Waals surface area contributed by atoms with Crippen LogP contribution in [0.3, 0.4) is 0 Å². The molecule has 9 heavy (non-hydrogen) atoms. The highest BCUT2D eigenvalue weighted by Gasteiger charge is 2.10. The Hall–Kier alpha value is -0.120. The third-order valence-electron chi connectivity index (χ3n) is 1.30. The number of hydrogen-bond donors (Lipinski definition) is 2. The maximum absolute atomic E-state index is 9.00. The molecule has 0 saturated carbocycles. The molecular formula is C6H15NO2. The molecule has 2 N–H and O–H groups in total. The summed E-state index contributed by atoms with van der Waals surface area (Å²) in [6, 6.07) is 0.0509. The van der Waals surface area contributed by atoms with E-state index in [4.69, 9.17) is 9.84 Å². The van der Waals surface area contributed by atoms with E-state index in [9.17, 15) is 0 Å². The predicted octanol–water partition coefficient (Wildman–Crippen LogP) is -0.398. The van der Waals surface area contributed by atoms with Crippen molar-refractivity contribution in [3.8, 4) is 0 Å². The van der Waals surface area contributed by atoms with Gasteiger partial charge in [-0.15, -0.1) is 0 Å². The molecular weight excluding hydrogens is 118 g/mol. The van der Waals surface area contributed by atoms with Crippen LogP contribution in [0.4, 0.5) is 0 Å². The molecule has 0 spiro atoms. The Kier molecular flexibility index (Phi) is 4.67. The highest BCUT2D eigenvalue weighted by Crippen LogP contribution is 1.90. The Morgan fingerprint density at radius 3 is 2.33 bits per heavy atom. The molecule has 1 unspecified atom stereocenters. The molecule has 0 aromatic rings. The van der Waals surface area contributed by atoms with Gasteiger partial charge in [0.1, 0.15) is 0 Å². The molecule has 0 aliphatic carbocycles. The van der Waals surface area contributed by atoms with Gasteiger partial charge in [-0.1, -0.05) is 0 Å². The summed E-state index contributed by atoms with van der Waals surface area (Å²) >= 11 is 0. The largest absolute Gasteiger partial charge is 0.392 e. The van der Waals surface area contributed by atoms with Crippen molar-refractivity contribution in [2.45, 2.75) is 19.1 Å². The molecule has 0 aliphatic rings. The second-order valence-electron chi connectivity index (χ2n) is 2.09. The average Bonchev–Trinajstić information content (AvgIpc) is 1.82. The summed E-state index contributed by atoms with van der Waals surface area (Å²) in [4.78, 5) is 0. The maximum Gasteiger partial charge on any atom is 0.0687 e. The van der Waals surface area contributed by atoms with Gasteiger partial charge in [-0.05, 0) is 14.0 Å². The lowest BCUT2D eigenvalue weighted by Gasteiger charge is -2.17. The SMILES string of the molecule is CNC(COC)[C@@H](C)O. The molecule has 3 heteroatoms. The third-order valence-corrected chi connectivity index (χ3v) is 1.30. The van der Waals surface area contributed by atoms with Gasteiger partial charge in [0.2, 0.25) is 0 Å². The second kappa shape index (κ2) is 4.73. The number of methoxy groups -OCH3 is 1. The summed E-state index contributed by atoms with van der Waals surface area (Å²) in [6.07, 6.45) is -0.352. The number of likely N-dealkylation sites (N-methyl/N-ethyl adjacent to an activating group) is 1. The standard InChI is InChI=1S/C6H15NO2/c1-5(8)6(7-2)4-9-3/h5-8H,4H2,1-3H3/t5-,6?/m1/s1. The van der Waals surface area contributed by atoms with Gasteiger partial charge in [0.15, 0.2) is 0 Å². The van der Waals surface area contributed by atoms with Gasteiger partial charge in [0.05, 0.1) is 18.8 Å². The fourth-order valence-corrected chi connectivity index (χ4v) is 0.643. The van der Waals surface area contributed by atoms with E-state index in [-0.39, 0.29) is 12.1 Å². The maximum atomic E-state index is 9.00. The Morgan fingerprint density at radius 2 is 2.22 bits per heavy atom. The quantitative estimate of drug-likeness (QED) is 0.548. The molecule has 56 valence electrons. The molecule has 0 aromatic carbocycles. The van der Waals surface area contributed by atoms with Crippen LogP contribution in [0.2, 0.25) is 0 Å². The molecule has 0 amide bonds. The molecule has 2 atom stereocenters. The van der Waals surface area contributed by atoms with E-state index in [1.165, 1.54) is 0 Å². The van der Waals surface area contributed by atoms with E-state index in [0.29, 0.717) is 6.61 Å². The zero-order chi connectivity index (χ0) is 7.28. The minimum Gasteiger partial charge on any atom is -0.392 e. The first-order valence-corrected chi connectivity index (χ1v) is 3.06. The topological polar surface area (TPSA) is 41.5 Å². The van der Waals surface area contributed by atoms with Crippen molar-refractivity contribution in [2.24, 2.45) is 0 Å². The van der Waals surface area contributed by atoms with Crippen molar-refractivity contribution in [2.75, 3.05) is 20.8 Å². The normalized spacial score (nSPS) is 17.3. The van der Waals surface area contributed by atoms with Gasteiger partial charge < -0.3 is 15.2 Å². The monoisotopic (exact) mass is 133 g/mol. The van der Waals surface area contributed by atoms with Crippen molar-refractivity contribution >= 4 is 0 Å². The fourth-order valence-electron chi connectivity index (χ4n) is 0.643. The van der Waals surface area contributed by atoms with Gasteiger partial charge in [-0.3, -0.25) is 0 Å². The van der Waals surface area contributed by atoms with Gasteiger partial charge in [0.25, 0.3) is 0 Å². The van der Waals surface area contributed by atoms with Crippen LogP contribution in [0.5, 0.6) is 0 Å². The minimum absolute atomic E-state index is 0.0509. The minimum atomic E-state index is -0.352. The van der Waals surface area contributed by atoms with Crippen molar-refractivity contribution in [3.63, 3.8) is 0 Å². The predicted molar refractivity (Wildman–Crippen MR) is 36.4 cm³/mol. The number of aliphatic hydroxyl groups is 1. The van der Waals surface area contributed by atoms with Crippen LogP contribution in [0, 0.1) is 0 Å². The van der Waals surface area contributed by atoms with Crippen LogP contribution in [0.25, 0.3) is 0 Å². The highest BCUT2D eigenvalue weighted by molar-refractivity contribution is 4.68. The van der Waals surface area contributed by atoms with Crippen molar-refractivity contribution in [1.29, 1.82) is 0 Å². The van der Waals surface area contributed by atoms with Gasteiger partial charge >= 0.3 is 0 Å². The Morgan fingerprint density at radius 1 is 1.67 bits per heavy atom. The molecule has 0 aromatic heterocycles. The first kappa shape index (κ1) is 8.88. The molecule has 0 fully saturated rings. The first-order valence-electron chi connectivity index (χ1n) is 3.06. The molecule has 0 radical (unpaired) electrons. The molecule has 0 bridgehead atoms. The summed E-state index contributed by atoms with van der Waals surface area (Å²) in [6.45, 7) is 2.29. The fraction of sp³-hybridized carbons (Fsp3) is 1.00. The Bertz CT molecular complexity index is 66.1. The van der Waals surface area contributed by atoms with Gasteiger partial charge in [0, 0.05) is 7.11 Å². The Balaban J connectivity index is 3.41. The molecule has 3 nitrogen and oxygen atoms in total. The van der Waals surface area contributed by atoms with Crippen LogP contribution in [0.15, 0.2) is 0 Å². The van der Waals surface area contributed by atoms with E-state index in [0.717, 1.165) is 0 Å². The van der Waals surface area contributed by atoms with E-state index in [1.54, 1.807) is 21.1 Å². The average molecular weight is 133 g/mol. The lowest BCUT2D eigenvalue weighted by Crippen LogP contribution is -2.39. The van der Waals surface area contributed by atoms with E-state index < -0.39 is 0 Å². The lowest BCUT2D eigenvalue weighted by atomic mass is 10.2. The number of ether oxygens (including phenoxy) is 1. The summed E-state index contributed by atoms with van der Waals surface area (Å²) < 4.78 is 4.83. The summed E-state index contributed by atoms with van der Waals surface area (Å²) in [5.74, 6) is 0. The summed E-state index contributed by atoms with van der Waals surface area (Å²) in [5, 5.41) is 11.9. The zero-order valence-electron chi connectivity index (χ0n) is 6.22. The van der Waals surface area contributed by atoms with Crippen LogP contribution in [0.1, 0.15) is 6.92 Å². The number of nitrogens with one attached hydrogen (secondary N) is 1. The van der Waals surface area contributed by atoms with Crippen molar-refractivity contribution < 1.29 is 9.84 Å². The van der Waals surface area contributed by atoms with Gasteiger partial charge in [-0.2, -0.15) is 0 Å². The number of rotatable bonds is 4. The highest BCUT2D eigenvalue weighted by atomic mass is 16.5. The smallest absolute Gasteiger partial charge is 0.0687 e. The van der Waals surface area contributed by atoms with Crippen LogP contribution >= 0.6 is 0 Å². The summed E-state index contributed by atoms with van der Waals surface area (Å²) in [7, 11) is 3.42. The molecule has 0 saturated heterocycles. The van der Waals surface area contributed by atoms with Crippen molar-refractivity contribution in [3.05, 3.63) is 0 Å². The van der Waals surface area contributed by atoms with E-state index in [2.05, 4.69) is 5.32 Å². The zero-order valence-corrected chi connectivity index (χ0v) is 6.22. The Labute approximate surface area is 56.0 Å². The second-order valence-corrected chi connectivity index (χ2v) is 2.09. The molecule has 0 heterocycles. The van der Waals surface area contributed by atoms with E-state index >= 15 is 0 Å². The molecule has 0 rings (SSSR count). The lowest BCUT2D eigenvalue weighted by molar-refractivity contribution is 0.0846. The molecule has 0 aliphatic heterocycles. The number of hydrogen-bond acceptors (Lipinski definition) is 3. The third kappa shape index (κ3) is 3.46. The van der Waals surface area contributed by atoms with Crippen molar-refractivity contribution in [1.82, 2.24) is 5.32 Å². The van der Waals surface area contributed by atoms with Gasteiger partial charge in [-0.25, -0.2) is 0 Å². The number of aliphatic hydroxyl groups excluding tert-OH is 1. The summed E-state index contributed by atoms with van der Waals surface area (Å²) in [5.41, 5.74) is 0. The first-order chi connectivity index (χ1) is 4.22.